The smallest absolute Gasteiger partial charge is 0.164 e. The first kappa shape index (κ1) is 32.7. The average molecular weight is 780 g/mol. The molecule has 3 nitrogen and oxygen atoms in total. The zero-order valence-electron chi connectivity index (χ0n) is 30.3. The van der Waals surface area contributed by atoms with Crippen LogP contribution in [0.4, 0.5) is 0 Å². The third-order valence-electron chi connectivity index (χ3n) is 11.0. The lowest BCUT2D eigenvalue weighted by Crippen LogP contribution is -2.00. The van der Waals surface area contributed by atoms with Crippen LogP contribution >= 0.6 is 34.0 Å². The molecule has 0 spiro atoms. The summed E-state index contributed by atoms with van der Waals surface area (Å²) in [5.41, 5.74) is 7.75. The molecule has 12 aromatic rings. The lowest BCUT2D eigenvalue weighted by molar-refractivity contribution is 1.08. The first-order chi connectivity index (χ1) is 28.2. The molecule has 266 valence electrons. The molecule has 57 heavy (non-hydrogen) atoms. The molecule has 0 N–H and O–H groups in total. The fourth-order valence-corrected chi connectivity index (χ4v) is 11.8. The summed E-state index contributed by atoms with van der Waals surface area (Å²) in [5, 5.41) is 7.44. The van der Waals surface area contributed by atoms with Crippen molar-refractivity contribution in [1.29, 1.82) is 0 Å². The molecule has 0 aliphatic carbocycles. The second-order valence-electron chi connectivity index (χ2n) is 14.3. The van der Waals surface area contributed by atoms with Crippen LogP contribution in [0.2, 0.25) is 0 Å². The van der Waals surface area contributed by atoms with Crippen molar-refractivity contribution in [3.8, 4) is 56.4 Å². The van der Waals surface area contributed by atoms with Gasteiger partial charge in [0.1, 0.15) is 0 Å². The molecule has 0 radical (unpaired) electrons. The van der Waals surface area contributed by atoms with E-state index in [4.69, 9.17) is 15.0 Å². The number of benzene rings is 8. The van der Waals surface area contributed by atoms with Gasteiger partial charge in [0.05, 0.1) is 0 Å². The number of thiophene rings is 3. The highest BCUT2D eigenvalue weighted by atomic mass is 32.1. The van der Waals surface area contributed by atoms with Gasteiger partial charge in [-0.15, -0.1) is 34.0 Å². The van der Waals surface area contributed by atoms with Crippen molar-refractivity contribution in [3.05, 3.63) is 176 Å². The zero-order chi connectivity index (χ0) is 37.5. The van der Waals surface area contributed by atoms with Gasteiger partial charge in [0.25, 0.3) is 0 Å². The summed E-state index contributed by atoms with van der Waals surface area (Å²) in [6.45, 7) is 0. The first-order valence-corrected chi connectivity index (χ1v) is 21.4. The number of fused-ring (bicyclic) bond motifs is 9. The maximum Gasteiger partial charge on any atom is 0.164 e. The van der Waals surface area contributed by atoms with Crippen molar-refractivity contribution in [2.24, 2.45) is 0 Å². The quantitative estimate of drug-likeness (QED) is 0.175. The molecule has 12 rings (SSSR count). The van der Waals surface area contributed by atoms with E-state index in [0.29, 0.717) is 17.5 Å². The van der Waals surface area contributed by atoms with Crippen LogP contribution in [0.15, 0.2) is 176 Å². The molecule has 0 saturated carbocycles. The van der Waals surface area contributed by atoms with Gasteiger partial charge in [-0.1, -0.05) is 133 Å². The minimum Gasteiger partial charge on any atom is -0.208 e. The molecular formula is C51H29N3S3. The fraction of sp³-hybridized carbons (Fsp3) is 0. The van der Waals surface area contributed by atoms with Gasteiger partial charge in [-0.2, -0.15) is 0 Å². The number of rotatable bonds is 5. The van der Waals surface area contributed by atoms with E-state index in [-0.39, 0.29) is 0 Å². The third-order valence-corrected chi connectivity index (χ3v) is 14.4. The molecule has 6 heteroatoms. The van der Waals surface area contributed by atoms with Crippen molar-refractivity contribution < 1.29 is 0 Å². The zero-order valence-corrected chi connectivity index (χ0v) is 32.8. The van der Waals surface area contributed by atoms with Crippen LogP contribution in [0.3, 0.4) is 0 Å². The van der Waals surface area contributed by atoms with Crippen LogP contribution < -0.4 is 0 Å². The van der Waals surface area contributed by atoms with Crippen LogP contribution in [0, 0.1) is 0 Å². The molecule has 0 bridgehead atoms. The van der Waals surface area contributed by atoms with Crippen molar-refractivity contribution in [2.75, 3.05) is 0 Å². The van der Waals surface area contributed by atoms with E-state index in [1.54, 1.807) is 22.7 Å². The molecule has 8 aromatic carbocycles. The largest absolute Gasteiger partial charge is 0.208 e. The van der Waals surface area contributed by atoms with Gasteiger partial charge < -0.3 is 0 Å². The Morgan fingerprint density at radius 3 is 1.18 bits per heavy atom. The summed E-state index contributed by atoms with van der Waals surface area (Å²) in [7, 11) is 0. The molecule has 0 unspecified atom stereocenters. The van der Waals surface area contributed by atoms with Crippen LogP contribution in [-0.4, -0.2) is 15.0 Å². The highest BCUT2D eigenvalue weighted by molar-refractivity contribution is 7.26. The van der Waals surface area contributed by atoms with E-state index in [1.807, 2.05) is 11.3 Å². The summed E-state index contributed by atoms with van der Waals surface area (Å²) >= 11 is 5.47. The predicted molar refractivity (Wildman–Crippen MR) is 246 cm³/mol. The lowest BCUT2D eigenvalue weighted by atomic mass is 9.95. The molecule has 0 fully saturated rings. The summed E-state index contributed by atoms with van der Waals surface area (Å²) in [6.07, 6.45) is 0. The summed E-state index contributed by atoms with van der Waals surface area (Å²) in [5.74, 6) is 2.00. The van der Waals surface area contributed by atoms with Crippen molar-refractivity contribution in [1.82, 2.24) is 15.0 Å². The number of hydrogen-bond donors (Lipinski definition) is 0. The molecule has 0 aliphatic rings. The predicted octanol–water partition coefficient (Wildman–Crippen LogP) is 15.3. The van der Waals surface area contributed by atoms with Crippen molar-refractivity contribution >= 4 is 94.5 Å². The highest BCUT2D eigenvalue weighted by Gasteiger charge is 2.20. The number of aromatic nitrogens is 3. The standard InChI is InChI=1S/C51H29N3S3/c1-4-19-40-35(13-1)46-34(16-8-22-43(46)55-40)33-12-7-11-32(29-33)30-25-27-31(28-26-30)49-52-50(38-17-9-23-44-47(38)36-14-2-5-20-41(36)56-44)54-51(53-49)39-18-10-24-45-48(39)37-15-3-6-21-42(37)57-45/h1-29H. The van der Waals surface area contributed by atoms with Gasteiger partial charge >= 0.3 is 0 Å². The first-order valence-electron chi connectivity index (χ1n) is 18.9. The van der Waals surface area contributed by atoms with Gasteiger partial charge in [-0.3, -0.25) is 0 Å². The van der Waals surface area contributed by atoms with Crippen LogP contribution in [0.1, 0.15) is 0 Å². The van der Waals surface area contributed by atoms with E-state index in [1.165, 1.54) is 77.2 Å². The Morgan fingerprint density at radius 1 is 0.263 bits per heavy atom. The molecule has 0 aliphatic heterocycles. The minimum atomic E-state index is 0.652. The Morgan fingerprint density at radius 2 is 0.649 bits per heavy atom. The molecular weight excluding hydrogens is 751 g/mol. The van der Waals surface area contributed by atoms with Gasteiger partial charge in [-0.05, 0) is 64.7 Å². The molecule has 4 aromatic heterocycles. The summed E-state index contributed by atoms with van der Waals surface area (Å²) in [4.78, 5) is 15.8. The average Bonchev–Trinajstić information content (AvgIpc) is 3.98. The van der Waals surface area contributed by atoms with E-state index in [2.05, 4.69) is 176 Å². The minimum absolute atomic E-state index is 0.652. The molecule has 0 amide bonds. The lowest BCUT2D eigenvalue weighted by Gasteiger charge is -2.11. The maximum atomic E-state index is 5.30. The van der Waals surface area contributed by atoms with E-state index >= 15 is 0 Å². The number of nitrogens with zero attached hydrogens (tertiary/aromatic N) is 3. The van der Waals surface area contributed by atoms with Crippen LogP contribution in [-0.2, 0) is 0 Å². The molecule has 0 atom stereocenters. The van der Waals surface area contributed by atoms with Crippen LogP contribution in [0.5, 0.6) is 0 Å². The highest BCUT2D eigenvalue weighted by Crippen LogP contribution is 2.43. The second kappa shape index (κ2) is 13.0. The Bertz CT molecular complexity index is 3410. The second-order valence-corrected chi connectivity index (χ2v) is 17.5. The van der Waals surface area contributed by atoms with Gasteiger partial charge in [-0.25, -0.2) is 15.0 Å². The number of hydrogen-bond acceptors (Lipinski definition) is 6. The maximum absolute atomic E-state index is 5.30. The Balaban J connectivity index is 1.01. The molecule has 0 saturated heterocycles. The van der Waals surface area contributed by atoms with E-state index < -0.39 is 0 Å². The summed E-state index contributed by atoms with van der Waals surface area (Å²) < 4.78 is 7.58. The normalized spacial score (nSPS) is 11.9. The molecule has 4 heterocycles. The summed E-state index contributed by atoms with van der Waals surface area (Å²) in [6, 6.07) is 63.1. The fourth-order valence-electron chi connectivity index (χ4n) is 8.36. The van der Waals surface area contributed by atoms with Gasteiger partial charge in [0.2, 0.25) is 0 Å². The van der Waals surface area contributed by atoms with Gasteiger partial charge in [0.15, 0.2) is 17.5 Å². The topological polar surface area (TPSA) is 38.7 Å². The Hall–Kier alpha value is -6.57. The Kier molecular flexibility index (Phi) is 7.45. The van der Waals surface area contributed by atoms with E-state index in [9.17, 15) is 0 Å². The van der Waals surface area contributed by atoms with Gasteiger partial charge in [0, 0.05) is 77.2 Å². The third kappa shape index (κ3) is 5.33. The van der Waals surface area contributed by atoms with Crippen LogP contribution in [0.25, 0.3) is 117 Å². The Labute approximate surface area is 339 Å². The van der Waals surface area contributed by atoms with Crippen molar-refractivity contribution in [3.63, 3.8) is 0 Å². The van der Waals surface area contributed by atoms with Crippen molar-refractivity contribution in [2.45, 2.75) is 0 Å². The monoisotopic (exact) mass is 779 g/mol. The van der Waals surface area contributed by atoms with E-state index in [0.717, 1.165) is 22.3 Å². The SMILES string of the molecule is c1cc(-c2ccc(-c3nc(-c4cccc5sc6ccccc6c45)nc(-c4cccc5sc6ccccc6c45)n3)cc2)cc(-c2cccc3sc4ccccc4c23)c1.